The maximum Gasteiger partial charge on any atom is 0.407 e. The SMILES string of the molecule is CC1(C)c2cc(OC3CCN(C(=O)O)CC3)ccc2C(=O)c2c1[nH]c1ccc(N)cc21. The van der Waals surface area contributed by atoms with Crippen LogP contribution in [0.25, 0.3) is 10.9 Å². The summed E-state index contributed by atoms with van der Waals surface area (Å²) in [7, 11) is 0. The van der Waals surface area contributed by atoms with E-state index < -0.39 is 11.5 Å². The molecule has 2 heterocycles. The molecule has 1 aliphatic heterocycles. The number of carbonyl (C=O) groups is 2. The molecule has 31 heavy (non-hydrogen) atoms. The molecule has 1 aliphatic carbocycles. The first-order chi connectivity index (χ1) is 14.8. The van der Waals surface area contributed by atoms with Gasteiger partial charge in [0.05, 0.1) is 5.56 Å². The Morgan fingerprint density at radius 3 is 2.65 bits per heavy atom. The maximum absolute atomic E-state index is 13.4. The minimum Gasteiger partial charge on any atom is -0.490 e. The van der Waals surface area contributed by atoms with Crippen LogP contribution >= 0.6 is 0 Å². The van der Waals surface area contributed by atoms with Gasteiger partial charge in [-0.1, -0.05) is 13.8 Å². The molecule has 1 fully saturated rings. The zero-order valence-electron chi connectivity index (χ0n) is 17.6. The van der Waals surface area contributed by atoms with Crippen LogP contribution in [-0.2, 0) is 5.41 Å². The Bertz CT molecular complexity index is 1220. The molecule has 0 saturated carbocycles. The number of benzene rings is 2. The molecular weight excluding hydrogens is 394 g/mol. The Morgan fingerprint density at radius 2 is 1.94 bits per heavy atom. The highest BCUT2D eigenvalue weighted by atomic mass is 16.5. The highest BCUT2D eigenvalue weighted by Gasteiger charge is 2.40. The van der Waals surface area contributed by atoms with Crippen molar-refractivity contribution in [2.45, 2.75) is 38.2 Å². The van der Waals surface area contributed by atoms with E-state index in [9.17, 15) is 9.59 Å². The molecule has 0 bridgehead atoms. The van der Waals surface area contributed by atoms with E-state index in [0.717, 1.165) is 22.2 Å². The van der Waals surface area contributed by atoms with Crippen molar-refractivity contribution in [1.29, 1.82) is 0 Å². The van der Waals surface area contributed by atoms with Crippen LogP contribution in [-0.4, -0.2) is 46.1 Å². The van der Waals surface area contributed by atoms with Crippen molar-refractivity contribution in [3.8, 4) is 5.75 Å². The fourth-order valence-electron chi connectivity index (χ4n) is 4.85. The van der Waals surface area contributed by atoms with Crippen LogP contribution in [0.3, 0.4) is 0 Å². The average molecular weight is 419 g/mol. The Labute approximate surface area is 179 Å². The number of amides is 1. The smallest absolute Gasteiger partial charge is 0.407 e. The standard InChI is InChI=1S/C24H25N3O4/c1-24(2)18-12-15(31-14-7-9-27(10-8-14)23(29)30)4-5-16(18)21(28)20-17-11-13(25)3-6-19(17)26-22(20)24/h3-6,11-12,14,26H,7-10,25H2,1-2H3,(H,29,30). The average Bonchev–Trinajstić information content (AvgIpc) is 3.13. The van der Waals surface area contributed by atoms with E-state index in [1.807, 2.05) is 36.4 Å². The zero-order chi connectivity index (χ0) is 21.9. The third kappa shape index (κ3) is 3.03. The maximum atomic E-state index is 13.4. The van der Waals surface area contributed by atoms with E-state index in [1.54, 1.807) is 0 Å². The lowest BCUT2D eigenvalue weighted by Crippen LogP contribution is -2.41. The monoisotopic (exact) mass is 419 g/mol. The number of nitrogens with two attached hydrogens (primary N) is 1. The number of ketones is 1. The third-order valence-electron chi connectivity index (χ3n) is 6.60. The van der Waals surface area contributed by atoms with Crippen molar-refractivity contribution in [3.63, 3.8) is 0 Å². The Kier molecular flexibility index (Phi) is 4.25. The van der Waals surface area contributed by atoms with Crippen LogP contribution in [0.5, 0.6) is 5.75 Å². The lowest BCUT2D eigenvalue weighted by atomic mass is 9.71. The molecule has 2 aromatic carbocycles. The number of hydrogen-bond acceptors (Lipinski definition) is 4. The van der Waals surface area contributed by atoms with E-state index in [2.05, 4.69) is 18.8 Å². The first-order valence-electron chi connectivity index (χ1n) is 10.5. The fraction of sp³-hybridized carbons (Fsp3) is 0.333. The van der Waals surface area contributed by atoms with Crippen LogP contribution in [0.2, 0.25) is 0 Å². The highest BCUT2D eigenvalue weighted by molar-refractivity contribution is 6.20. The van der Waals surface area contributed by atoms with Crippen molar-refractivity contribution in [2.75, 3.05) is 18.8 Å². The summed E-state index contributed by atoms with van der Waals surface area (Å²) in [4.78, 5) is 29.4. The second-order valence-corrected chi connectivity index (χ2v) is 8.93. The number of H-pyrrole nitrogens is 1. The number of hydrogen-bond donors (Lipinski definition) is 3. The number of anilines is 1. The minimum atomic E-state index is -0.886. The number of piperidine rings is 1. The summed E-state index contributed by atoms with van der Waals surface area (Å²) in [6.45, 7) is 5.14. The van der Waals surface area contributed by atoms with Gasteiger partial charge in [0.15, 0.2) is 5.78 Å². The highest BCUT2D eigenvalue weighted by Crippen LogP contribution is 2.45. The predicted octanol–water partition coefficient (Wildman–Crippen LogP) is 4.14. The van der Waals surface area contributed by atoms with Gasteiger partial charge in [-0.05, 0) is 42.0 Å². The molecular formula is C24H25N3O4. The molecule has 4 N–H and O–H groups in total. The summed E-state index contributed by atoms with van der Waals surface area (Å²) in [5, 5.41) is 9.97. The number of likely N-dealkylation sites (tertiary alicyclic amines) is 1. The molecule has 1 aromatic heterocycles. The molecule has 0 radical (unpaired) electrons. The number of nitrogens with zero attached hydrogens (tertiary/aromatic N) is 1. The molecule has 7 nitrogen and oxygen atoms in total. The number of nitrogens with one attached hydrogen (secondary N) is 1. The summed E-state index contributed by atoms with van der Waals surface area (Å²) in [6, 6.07) is 11.2. The lowest BCUT2D eigenvalue weighted by molar-refractivity contribution is 0.0894. The van der Waals surface area contributed by atoms with Gasteiger partial charge in [0, 0.05) is 59.2 Å². The van der Waals surface area contributed by atoms with E-state index in [1.165, 1.54) is 4.90 Å². The van der Waals surface area contributed by atoms with Gasteiger partial charge in [-0.3, -0.25) is 4.79 Å². The molecule has 5 rings (SSSR count). The fourth-order valence-corrected chi connectivity index (χ4v) is 4.85. The summed E-state index contributed by atoms with van der Waals surface area (Å²) in [5.74, 6) is 0.694. The minimum absolute atomic E-state index is 0.0116. The summed E-state index contributed by atoms with van der Waals surface area (Å²) in [6.07, 6.45) is 0.379. The number of ether oxygens (including phenoxy) is 1. The van der Waals surface area contributed by atoms with Crippen molar-refractivity contribution >= 4 is 28.5 Å². The van der Waals surface area contributed by atoms with Crippen molar-refractivity contribution in [2.24, 2.45) is 0 Å². The molecule has 0 unspecified atom stereocenters. The van der Waals surface area contributed by atoms with E-state index in [4.69, 9.17) is 15.6 Å². The number of rotatable bonds is 2. The van der Waals surface area contributed by atoms with Gasteiger partial charge in [-0.25, -0.2) is 4.79 Å². The summed E-state index contributed by atoms with van der Waals surface area (Å²) >= 11 is 0. The molecule has 7 heteroatoms. The Balaban J connectivity index is 1.49. The van der Waals surface area contributed by atoms with Crippen LogP contribution in [0, 0.1) is 0 Å². The Hall–Kier alpha value is -3.48. The summed E-state index contributed by atoms with van der Waals surface area (Å²) in [5.41, 5.74) is 10.3. The second kappa shape index (κ2) is 6.77. The molecule has 3 aromatic rings. The van der Waals surface area contributed by atoms with Crippen LogP contribution in [0.4, 0.5) is 10.5 Å². The molecule has 2 aliphatic rings. The van der Waals surface area contributed by atoms with Crippen molar-refractivity contribution < 1.29 is 19.4 Å². The number of nitrogen functional groups attached to an aromatic ring is 1. The molecule has 0 atom stereocenters. The molecule has 1 amide bonds. The molecule has 0 spiro atoms. The van der Waals surface area contributed by atoms with Gasteiger partial charge in [-0.15, -0.1) is 0 Å². The third-order valence-corrected chi connectivity index (χ3v) is 6.60. The normalized spacial score (nSPS) is 18.0. The number of carboxylic acid groups (broad SMARTS) is 1. The number of carbonyl (C=O) groups excluding carboxylic acids is 1. The van der Waals surface area contributed by atoms with Crippen LogP contribution in [0.15, 0.2) is 36.4 Å². The van der Waals surface area contributed by atoms with Gasteiger partial charge >= 0.3 is 6.09 Å². The predicted molar refractivity (Wildman–Crippen MR) is 118 cm³/mol. The van der Waals surface area contributed by atoms with Crippen molar-refractivity contribution in [3.05, 3.63) is 58.8 Å². The largest absolute Gasteiger partial charge is 0.490 e. The van der Waals surface area contributed by atoms with Gasteiger partial charge in [0.25, 0.3) is 0 Å². The Morgan fingerprint density at radius 1 is 1.19 bits per heavy atom. The van der Waals surface area contributed by atoms with E-state index in [0.29, 0.717) is 48.5 Å². The number of fused-ring (bicyclic) bond motifs is 4. The molecule has 160 valence electrons. The lowest BCUT2D eigenvalue weighted by Gasteiger charge is -2.33. The van der Waals surface area contributed by atoms with E-state index >= 15 is 0 Å². The molecule has 1 saturated heterocycles. The number of aromatic nitrogens is 1. The van der Waals surface area contributed by atoms with Gasteiger partial charge in [0.2, 0.25) is 0 Å². The second-order valence-electron chi connectivity index (χ2n) is 8.93. The van der Waals surface area contributed by atoms with Crippen LogP contribution in [0.1, 0.15) is 53.9 Å². The first-order valence-corrected chi connectivity index (χ1v) is 10.5. The quantitative estimate of drug-likeness (QED) is 0.541. The summed E-state index contributed by atoms with van der Waals surface area (Å²) < 4.78 is 6.18. The number of aromatic amines is 1. The van der Waals surface area contributed by atoms with Crippen LogP contribution < -0.4 is 10.5 Å². The van der Waals surface area contributed by atoms with Gasteiger partial charge in [-0.2, -0.15) is 0 Å². The zero-order valence-corrected chi connectivity index (χ0v) is 17.6. The van der Waals surface area contributed by atoms with E-state index in [-0.39, 0.29) is 11.9 Å². The van der Waals surface area contributed by atoms with Crippen molar-refractivity contribution in [1.82, 2.24) is 9.88 Å². The first kappa shape index (κ1) is 19.5. The van der Waals surface area contributed by atoms with Gasteiger partial charge in [0.1, 0.15) is 11.9 Å². The van der Waals surface area contributed by atoms with Gasteiger partial charge < -0.3 is 25.5 Å². The topological polar surface area (TPSA) is 109 Å².